The Hall–Kier alpha value is -0.160. The molecule has 0 saturated carbocycles. The molecule has 0 radical (unpaired) electrons. The number of likely N-dealkylation sites (N-methyl/N-ethyl adjacent to an activating group) is 1. The molecule has 4 nitrogen and oxygen atoms in total. The van der Waals surface area contributed by atoms with Gasteiger partial charge in [0, 0.05) is 25.3 Å². The molecule has 0 heterocycles. The van der Waals surface area contributed by atoms with Crippen LogP contribution in [0.3, 0.4) is 0 Å². The highest BCUT2D eigenvalue weighted by Gasteiger charge is 2.35. The Morgan fingerprint density at radius 2 is 1.88 bits per heavy atom. The average Bonchev–Trinajstić information content (AvgIpc) is 2.35. The molecular formula is C13H31N3O. The van der Waals surface area contributed by atoms with Crippen molar-refractivity contribution >= 4 is 0 Å². The Morgan fingerprint density at radius 3 is 2.24 bits per heavy atom. The molecular weight excluding hydrogens is 214 g/mol. The van der Waals surface area contributed by atoms with Gasteiger partial charge in [-0.15, -0.1) is 0 Å². The molecule has 17 heavy (non-hydrogen) atoms. The Bertz CT molecular complexity index is 186. The van der Waals surface area contributed by atoms with Gasteiger partial charge >= 0.3 is 0 Å². The maximum atomic E-state index is 5.75. The van der Waals surface area contributed by atoms with Gasteiger partial charge in [0.1, 0.15) is 0 Å². The molecule has 0 aromatic carbocycles. The van der Waals surface area contributed by atoms with E-state index in [2.05, 4.69) is 38.0 Å². The third-order valence-corrected chi connectivity index (χ3v) is 3.99. The standard InChI is InChI=1S/C13H31N3O/c1-6-13(4,16(7-2)8-3)12(15-14)10-9-11-17-5/h12,15H,6-11,14H2,1-5H3. The molecule has 0 fully saturated rings. The van der Waals surface area contributed by atoms with Crippen LogP contribution in [-0.4, -0.2) is 43.3 Å². The summed E-state index contributed by atoms with van der Waals surface area (Å²) < 4.78 is 5.11. The third kappa shape index (κ3) is 4.54. The highest BCUT2D eigenvalue weighted by atomic mass is 16.5. The maximum absolute atomic E-state index is 5.75. The molecule has 0 aromatic rings. The number of ether oxygens (including phenoxy) is 1. The van der Waals surface area contributed by atoms with Crippen LogP contribution in [0, 0.1) is 0 Å². The normalized spacial score (nSPS) is 17.1. The van der Waals surface area contributed by atoms with E-state index in [0.717, 1.165) is 39.0 Å². The average molecular weight is 245 g/mol. The monoisotopic (exact) mass is 245 g/mol. The van der Waals surface area contributed by atoms with Crippen molar-refractivity contribution in [3.8, 4) is 0 Å². The quantitative estimate of drug-likeness (QED) is 0.350. The van der Waals surface area contributed by atoms with Crippen LogP contribution in [0.2, 0.25) is 0 Å². The Labute approximate surface area is 107 Å². The zero-order valence-electron chi connectivity index (χ0n) is 12.3. The minimum atomic E-state index is 0.117. The first-order valence-electron chi connectivity index (χ1n) is 6.80. The van der Waals surface area contributed by atoms with Crippen LogP contribution in [0.1, 0.15) is 47.0 Å². The fourth-order valence-electron chi connectivity index (χ4n) is 2.64. The number of nitrogens with two attached hydrogens (primary N) is 1. The van der Waals surface area contributed by atoms with Crippen LogP contribution in [0.25, 0.3) is 0 Å². The molecule has 0 aliphatic rings. The first-order valence-corrected chi connectivity index (χ1v) is 6.80. The lowest BCUT2D eigenvalue weighted by molar-refractivity contribution is 0.0621. The smallest absolute Gasteiger partial charge is 0.0462 e. The van der Waals surface area contributed by atoms with Crippen molar-refractivity contribution < 1.29 is 4.74 Å². The molecule has 0 saturated heterocycles. The summed E-state index contributed by atoms with van der Waals surface area (Å²) in [5.74, 6) is 5.75. The van der Waals surface area contributed by atoms with E-state index in [4.69, 9.17) is 10.6 Å². The number of nitrogens with zero attached hydrogens (tertiary/aromatic N) is 1. The molecule has 0 spiro atoms. The van der Waals surface area contributed by atoms with Gasteiger partial charge in [0.2, 0.25) is 0 Å². The van der Waals surface area contributed by atoms with Crippen LogP contribution in [0.15, 0.2) is 0 Å². The summed E-state index contributed by atoms with van der Waals surface area (Å²) in [6.07, 6.45) is 3.18. The Kier molecular flexibility index (Phi) is 8.78. The van der Waals surface area contributed by atoms with Crippen LogP contribution in [-0.2, 0) is 4.74 Å². The Balaban J connectivity index is 4.63. The van der Waals surface area contributed by atoms with Crippen LogP contribution < -0.4 is 11.3 Å². The van der Waals surface area contributed by atoms with Crippen molar-refractivity contribution in [3.05, 3.63) is 0 Å². The fraction of sp³-hybridized carbons (Fsp3) is 1.00. The second-order valence-electron chi connectivity index (χ2n) is 4.74. The highest BCUT2D eigenvalue weighted by molar-refractivity contribution is 4.94. The van der Waals surface area contributed by atoms with Crippen molar-refractivity contribution in [1.29, 1.82) is 0 Å². The first kappa shape index (κ1) is 16.8. The van der Waals surface area contributed by atoms with Gasteiger partial charge in [-0.05, 0) is 39.3 Å². The molecule has 4 heteroatoms. The van der Waals surface area contributed by atoms with E-state index in [-0.39, 0.29) is 5.54 Å². The van der Waals surface area contributed by atoms with Crippen molar-refractivity contribution in [3.63, 3.8) is 0 Å². The van der Waals surface area contributed by atoms with Gasteiger partial charge in [-0.2, -0.15) is 0 Å². The van der Waals surface area contributed by atoms with Crippen molar-refractivity contribution in [2.75, 3.05) is 26.8 Å². The van der Waals surface area contributed by atoms with Crippen LogP contribution in [0.5, 0.6) is 0 Å². The van der Waals surface area contributed by atoms with E-state index >= 15 is 0 Å². The largest absolute Gasteiger partial charge is 0.385 e. The van der Waals surface area contributed by atoms with E-state index in [1.165, 1.54) is 0 Å². The first-order chi connectivity index (χ1) is 8.10. The van der Waals surface area contributed by atoms with Gasteiger partial charge in [-0.1, -0.05) is 20.8 Å². The molecule has 0 aromatic heterocycles. The fourth-order valence-corrected chi connectivity index (χ4v) is 2.64. The molecule has 104 valence electrons. The summed E-state index contributed by atoms with van der Waals surface area (Å²) in [4.78, 5) is 2.49. The van der Waals surface area contributed by atoms with E-state index in [9.17, 15) is 0 Å². The topological polar surface area (TPSA) is 50.5 Å². The number of hydrogen-bond acceptors (Lipinski definition) is 4. The predicted molar refractivity (Wildman–Crippen MR) is 73.8 cm³/mol. The van der Waals surface area contributed by atoms with E-state index in [1.807, 2.05) is 0 Å². The molecule has 3 N–H and O–H groups in total. The summed E-state index contributed by atoms with van der Waals surface area (Å²) in [6, 6.07) is 0.308. The van der Waals surface area contributed by atoms with Gasteiger partial charge < -0.3 is 4.74 Å². The number of hydrazine groups is 1. The predicted octanol–water partition coefficient (Wildman–Crippen LogP) is 1.76. The number of methoxy groups -OCH3 is 1. The summed E-state index contributed by atoms with van der Waals surface area (Å²) in [5, 5.41) is 0. The number of rotatable bonds is 10. The Morgan fingerprint density at radius 1 is 1.29 bits per heavy atom. The van der Waals surface area contributed by atoms with Crippen molar-refractivity contribution in [2.24, 2.45) is 5.84 Å². The summed E-state index contributed by atoms with van der Waals surface area (Å²) in [6.45, 7) is 11.9. The molecule has 0 aliphatic heterocycles. The molecule has 0 bridgehead atoms. The molecule has 2 unspecified atom stereocenters. The van der Waals surface area contributed by atoms with Gasteiger partial charge in [-0.3, -0.25) is 16.2 Å². The third-order valence-electron chi connectivity index (χ3n) is 3.99. The van der Waals surface area contributed by atoms with E-state index in [0.29, 0.717) is 6.04 Å². The lowest BCUT2D eigenvalue weighted by atomic mass is 9.85. The number of hydrogen-bond donors (Lipinski definition) is 2. The van der Waals surface area contributed by atoms with E-state index < -0.39 is 0 Å². The van der Waals surface area contributed by atoms with Gasteiger partial charge in [0.05, 0.1) is 0 Å². The van der Waals surface area contributed by atoms with Gasteiger partial charge in [-0.25, -0.2) is 0 Å². The zero-order valence-corrected chi connectivity index (χ0v) is 12.3. The summed E-state index contributed by atoms with van der Waals surface area (Å²) in [5.41, 5.74) is 3.12. The molecule has 0 rings (SSSR count). The van der Waals surface area contributed by atoms with Gasteiger partial charge in [0.15, 0.2) is 0 Å². The maximum Gasteiger partial charge on any atom is 0.0462 e. The second-order valence-corrected chi connectivity index (χ2v) is 4.74. The molecule has 0 amide bonds. The van der Waals surface area contributed by atoms with Crippen molar-refractivity contribution in [1.82, 2.24) is 10.3 Å². The lowest BCUT2D eigenvalue weighted by Gasteiger charge is -2.45. The van der Waals surface area contributed by atoms with Crippen molar-refractivity contribution in [2.45, 2.75) is 58.5 Å². The molecule has 0 aliphatic carbocycles. The van der Waals surface area contributed by atoms with Gasteiger partial charge in [0.25, 0.3) is 0 Å². The number of nitrogens with one attached hydrogen (secondary N) is 1. The second kappa shape index (κ2) is 8.86. The summed E-state index contributed by atoms with van der Waals surface area (Å²) in [7, 11) is 1.74. The highest BCUT2D eigenvalue weighted by Crippen LogP contribution is 2.25. The van der Waals surface area contributed by atoms with Crippen LogP contribution in [0.4, 0.5) is 0 Å². The lowest BCUT2D eigenvalue weighted by Crippen LogP contribution is -2.60. The molecule has 2 atom stereocenters. The minimum Gasteiger partial charge on any atom is -0.385 e. The SMILES string of the molecule is CCN(CC)C(C)(CC)C(CCCOC)NN. The summed E-state index contributed by atoms with van der Waals surface area (Å²) >= 11 is 0. The van der Waals surface area contributed by atoms with Crippen LogP contribution >= 0.6 is 0 Å². The van der Waals surface area contributed by atoms with E-state index in [1.54, 1.807) is 7.11 Å². The minimum absolute atomic E-state index is 0.117. The zero-order chi connectivity index (χ0) is 13.3.